The summed E-state index contributed by atoms with van der Waals surface area (Å²) < 4.78 is 6.67. The van der Waals surface area contributed by atoms with Crippen molar-refractivity contribution < 1.29 is 9.53 Å². The highest BCUT2D eigenvalue weighted by Gasteiger charge is 2.25. The van der Waals surface area contributed by atoms with Gasteiger partial charge in [-0.05, 0) is 38.2 Å². The lowest BCUT2D eigenvalue weighted by molar-refractivity contribution is -0.132. The molecule has 2 heterocycles. The van der Waals surface area contributed by atoms with Gasteiger partial charge in [-0.25, -0.2) is 4.98 Å². The number of thiazole rings is 1. The summed E-state index contributed by atoms with van der Waals surface area (Å²) in [6, 6.07) is 16.3. The van der Waals surface area contributed by atoms with E-state index in [2.05, 4.69) is 28.9 Å². The second-order valence-corrected chi connectivity index (χ2v) is 8.71. The summed E-state index contributed by atoms with van der Waals surface area (Å²) in [6.07, 6.45) is 0. The molecule has 1 aromatic heterocycles. The number of nitrogens with zero attached hydrogens (tertiary/aromatic N) is 4. The Kier molecular flexibility index (Phi) is 6.20. The van der Waals surface area contributed by atoms with Gasteiger partial charge in [0.15, 0.2) is 0 Å². The van der Waals surface area contributed by atoms with Crippen LogP contribution in [-0.2, 0) is 4.79 Å². The lowest BCUT2D eigenvalue weighted by Gasteiger charge is -2.37. The van der Waals surface area contributed by atoms with Crippen molar-refractivity contribution in [2.45, 2.75) is 13.0 Å². The summed E-state index contributed by atoms with van der Waals surface area (Å²) in [5, 5.41) is 1.05. The zero-order valence-corrected chi connectivity index (χ0v) is 18.6. The maximum absolute atomic E-state index is 12.9. The molecule has 0 radical (unpaired) electrons. The lowest BCUT2D eigenvalue weighted by Crippen LogP contribution is -2.51. The van der Waals surface area contributed by atoms with Crippen molar-refractivity contribution in [3.63, 3.8) is 0 Å². The smallest absolute Gasteiger partial charge is 0.236 e. The number of hydrogen-bond acceptors (Lipinski definition) is 6. The number of amides is 1. The van der Waals surface area contributed by atoms with Crippen LogP contribution in [0.25, 0.3) is 10.2 Å². The van der Waals surface area contributed by atoms with Crippen molar-refractivity contribution >= 4 is 33.1 Å². The monoisotopic (exact) mass is 424 g/mol. The normalized spacial score (nSPS) is 15.6. The second-order valence-electron chi connectivity index (χ2n) is 7.65. The van der Waals surface area contributed by atoms with Crippen LogP contribution in [-0.4, -0.2) is 67.6 Å². The van der Waals surface area contributed by atoms with Gasteiger partial charge in [-0.1, -0.05) is 24.3 Å². The van der Waals surface area contributed by atoms with E-state index in [1.165, 1.54) is 4.70 Å². The number of methoxy groups -OCH3 is 1. The number of anilines is 1. The molecular formula is C23H28N4O2S. The SMILES string of the molecule is COc1ccccc1N1CCN(C(=O)CN(C)[C@H](C)c2nc3ccccc3s2)CC1. The average molecular weight is 425 g/mol. The molecule has 0 unspecified atom stereocenters. The van der Waals surface area contributed by atoms with Gasteiger partial charge in [-0.3, -0.25) is 9.69 Å². The van der Waals surface area contributed by atoms with Crippen LogP contribution in [0.1, 0.15) is 18.0 Å². The maximum Gasteiger partial charge on any atom is 0.236 e. The molecule has 1 aliphatic rings. The molecular weight excluding hydrogens is 396 g/mol. The second kappa shape index (κ2) is 9.02. The molecule has 0 aliphatic carbocycles. The predicted molar refractivity (Wildman–Crippen MR) is 122 cm³/mol. The fraction of sp³-hybridized carbons (Fsp3) is 0.391. The third-order valence-corrected chi connectivity index (χ3v) is 6.98. The number of carbonyl (C=O) groups is 1. The molecule has 6 nitrogen and oxygen atoms in total. The largest absolute Gasteiger partial charge is 0.495 e. The fourth-order valence-corrected chi connectivity index (χ4v) is 4.88. The van der Waals surface area contributed by atoms with Gasteiger partial charge in [0.1, 0.15) is 10.8 Å². The number of benzene rings is 2. The minimum atomic E-state index is 0.0984. The number of ether oxygens (including phenoxy) is 1. The molecule has 30 heavy (non-hydrogen) atoms. The number of aromatic nitrogens is 1. The zero-order valence-electron chi connectivity index (χ0n) is 17.7. The predicted octanol–water partition coefficient (Wildman–Crippen LogP) is 3.65. The van der Waals surface area contributed by atoms with Crippen molar-refractivity contribution in [2.75, 3.05) is 51.8 Å². The Hall–Kier alpha value is -2.64. The fourth-order valence-electron chi connectivity index (χ4n) is 3.80. The number of likely N-dealkylation sites (N-methyl/N-ethyl adjacent to an activating group) is 1. The van der Waals surface area contributed by atoms with E-state index in [0.29, 0.717) is 6.54 Å². The summed E-state index contributed by atoms with van der Waals surface area (Å²) in [5.41, 5.74) is 2.12. The van der Waals surface area contributed by atoms with Crippen LogP contribution in [0.3, 0.4) is 0 Å². The Balaban J connectivity index is 1.34. The minimum absolute atomic E-state index is 0.0984. The topological polar surface area (TPSA) is 48.9 Å². The van der Waals surface area contributed by atoms with Crippen LogP contribution in [0, 0.1) is 0 Å². The van der Waals surface area contributed by atoms with Crippen LogP contribution in [0.4, 0.5) is 5.69 Å². The zero-order chi connectivity index (χ0) is 21.1. The van der Waals surface area contributed by atoms with Crippen molar-refractivity contribution in [3.8, 4) is 5.75 Å². The molecule has 2 aromatic carbocycles. The van der Waals surface area contributed by atoms with Crippen LogP contribution in [0.5, 0.6) is 5.75 Å². The van der Waals surface area contributed by atoms with E-state index in [1.807, 2.05) is 48.3 Å². The van der Waals surface area contributed by atoms with Crippen LogP contribution in [0.15, 0.2) is 48.5 Å². The van der Waals surface area contributed by atoms with E-state index in [1.54, 1.807) is 18.4 Å². The number of rotatable bonds is 6. The first kappa shape index (κ1) is 20.6. The summed E-state index contributed by atoms with van der Waals surface area (Å²) >= 11 is 1.70. The Morgan fingerprint density at radius 3 is 2.57 bits per heavy atom. The van der Waals surface area contributed by atoms with Crippen molar-refractivity contribution in [1.29, 1.82) is 0 Å². The minimum Gasteiger partial charge on any atom is -0.495 e. The number of carbonyl (C=O) groups excluding carboxylic acids is 1. The van der Waals surface area contributed by atoms with Gasteiger partial charge in [0.05, 0.1) is 35.6 Å². The molecule has 1 fully saturated rings. The van der Waals surface area contributed by atoms with Crippen molar-refractivity contribution in [2.24, 2.45) is 0 Å². The number of para-hydroxylation sites is 3. The highest BCUT2D eigenvalue weighted by Crippen LogP contribution is 2.30. The average Bonchev–Trinajstić information content (AvgIpc) is 3.22. The summed E-state index contributed by atoms with van der Waals surface area (Å²) in [5.74, 6) is 1.05. The van der Waals surface area contributed by atoms with E-state index in [-0.39, 0.29) is 11.9 Å². The Morgan fingerprint density at radius 2 is 1.83 bits per heavy atom. The van der Waals surface area contributed by atoms with Crippen LogP contribution < -0.4 is 9.64 Å². The van der Waals surface area contributed by atoms with E-state index in [9.17, 15) is 4.79 Å². The standard InChI is InChI=1S/C23H28N4O2S/c1-17(23-24-18-8-4-7-11-21(18)30-23)25(2)16-22(28)27-14-12-26(13-15-27)19-9-5-6-10-20(19)29-3/h4-11,17H,12-16H2,1-3H3/t17-/m1/s1. The number of piperazine rings is 1. The Morgan fingerprint density at radius 1 is 1.13 bits per heavy atom. The van der Waals surface area contributed by atoms with Gasteiger partial charge in [0, 0.05) is 26.2 Å². The Bertz CT molecular complexity index is 980. The lowest BCUT2D eigenvalue weighted by atomic mass is 10.2. The van der Waals surface area contributed by atoms with Gasteiger partial charge in [0.2, 0.25) is 5.91 Å². The molecule has 0 saturated carbocycles. The molecule has 0 spiro atoms. The summed E-state index contributed by atoms with van der Waals surface area (Å²) in [7, 11) is 3.70. The summed E-state index contributed by atoms with van der Waals surface area (Å²) in [4.78, 5) is 24.0. The maximum atomic E-state index is 12.9. The first-order valence-corrected chi connectivity index (χ1v) is 11.1. The molecule has 1 saturated heterocycles. The highest BCUT2D eigenvalue weighted by atomic mass is 32.1. The molecule has 158 valence electrons. The van der Waals surface area contributed by atoms with Crippen molar-refractivity contribution in [3.05, 3.63) is 53.5 Å². The highest BCUT2D eigenvalue weighted by molar-refractivity contribution is 7.18. The molecule has 1 aliphatic heterocycles. The van der Waals surface area contributed by atoms with E-state index in [4.69, 9.17) is 9.72 Å². The van der Waals surface area contributed by atoms with Gasteiger partial charge in [-0.2, -0.15) is 0 Å². The third-order valence-electron chi connectivity index (χ3n) is 5.77. The van der Waals surface area contributed by atoms with E-state index in [0.717, 1.165) is 48.1 Å². The van der Waals surface area contributed by atoms with Crippen LogP contribution in [0.2, 0.25) is 0 Å². The van der Waals surface area contributed by atoms with E-state index < -0.39 is 0 Å². The van der Waals surface area contributed by atoms with Gasteiger partial charge in [0.25, 0.3) is 0 Å². The third kappa shape index (κ3) is 4.27. The van der Waals surface area contributed by atoms with Gasteiger partial charge in [-0.15, -0.1) is 11.3 Å². The van der Waals surface area contributed by atoms with E-state index >= 15 is 0 Å². The summed E-state index contributed by atoms with van der Waals surface area (Å²) in [6.45, 7) is 5.57. The molecule has 7 heteroatoms. The first-order valence-electron chi connectivity index (χ1n) is 10.3. The van der Waals surface area contributed by atoms with Crippen molar-refractivity contribution in [1.82, 2.24) is 14.8 Å². The van der Waals surface area contributed by atoms with Crippen LogP contribution >= 0.6 is 11.3 Å². The molecule has 4 rings (SSSR count). The molecule has 3 aromatic rings. The Labute approximate surface area is 181 Å². The first-order chi connectivity index (χ1) is 14.6. The number of fused-ring (bicyclic) bond motifs is 1. The van der Waals surface area contributed by atoms with Gasteiger partial charge < -0.3 is 14.5 Å². The molecule has 1 amide bonds. The molecule has 0 N–H and O–H groups in total. The molecule has 0 bridgehead atoms. The quantitative estimate of drug-likeness (QED) is 0.605. The number of hydrogen-bond donors (Lipinski definition) is 0. The molecule has 1 atom stereocenters. The van der Waals surface area contributed by atoms with Gasteiger partial charge >= 0.3 is 0 Å².